The highest BCUT2D eigenvalue weighted by atomic mass is 32.2. The molecule has 2 aromatic rings. The Morgan fingerprint density at radius 3 is 2.47 bits per heavy atom. The Kier molecular flexibility index (Phi) is 6.60. The Morgan fingerprint density at radius 1 is 1.07 bits per heavy atom. The smallest absolute Gasteiger partial charge is 0.299 e. The highest BCUT2D eigenvalue weighted by molar-refractivity contribution is 8.03. The summed E-state index contributed by atoms with van der Waals surface area (Å²) in [6, 6.07) is 8.85. The fourth-order valence-corrected chi connectivity index (χ4v) is 4.52. The van der Waals surface area contributed by atoms with Gasteiger partial charge in [0.05, 0.1) is 73.0 Å². The molecule has 1 aliphatic heterocycles. The van der Waals surface area contributed by atoms with Gasteiger partial charge in [-0.2, -0.15) is 0 Å². The van der Waals surface area contributed by atoms with Crippen molar-refractivity contribution in [2.45, 2.75) is 31.1 Å². The van der Waals surface area contributed by atoms with Crippen molar-refractivity contribution in [2.24, 2.45) is 7.05 Å². The zero-order chi connectivity index (χ0) is 22.1. The van der Waals surface area contributed by atoms with Crippen LogP contribution in [0.5, 0.6) is 0 Å². The van der Waals surface area contributed by atoms with E-state index in [9.17, 15) is 0 Å². The average Bonchev–Trinajstić information content (AvgIpc) is 3.02. The molecule has 1 N–H and O–H groups in total. The first-order valence-electron chi connectivity index (χ1n) is 10.7. The zero-order valence-electron chi connectivity index (χ0n) is 19.9. The first kappa shape index (κ1) is 22.8. The molecule has 6 heteroatoms. The fraction of sp³-hybridized carbons (Fsp3) is 0.500. The molecule has 0 saturated carbocycles. The lowest BCUT2D eigenvalue weighted by atomic mass is 10.2. The van der Waals surface area contributed by atoms with Crippen molar-refractivity contribution in [3.05, 3.63) is 46.5 Å². The minimum absolute atomic E-state index is 0.820. The van der Waals surface area contributed by atoms with Crippen molar-refractivity contribution in [2.75, 3.05) is 54.1 Å². The summed E-state index contributed by atoms with van der Waals surface area (Å²) in [4.78, 5) is 6.26. The van der Waals surface area contributed by atoms with Gasteiger partial charge in [0.25, 0.3) is 5.82 Å². The van der Waals surface area contributed by atoms with Gasteiger partial charge in [-0.15, -0.1) is 0 Å². The highest BCUT2D eigenvalue weighted by Crippen LogP contribution is 2.43. The molecule has 0 saturated heterocycles. The summed E-state index contributed by atoms with van der Waals surface area (Å²) in [6.45, 7) is 3.36. The monoisotopic (exact) mass is 428 g/mol. The number of benzene rings is 1. The number of quaternary nitrogens is 2. The van der Waals surface area contributed by atoms with Crippen LogP contribution in [0, 0.1) is 6.92 Å². The quantitative estimate of drug-likeness (QED) is 0.411. The van der Waals surface area contributed by atoms with E-state index in [2.05, 4.69) is 96.5 Å². The largest absolute Gasteiger partial charge is 0.349 e. The van der Waals surface area contributed by atoms with Crippen molar-refractivity contribution in [1.29, 1.82) is 0 Å². The second kappa shape index (κ2) is 8.69. The number of unbranched alkanes of at least 4 members (excludes halogenated alkanes) is 1. The number of thioether (sulfide) groups is 1. The third-order valence-electron chi connectivity index (χ3n) is 5.51. The predicted octanol–water partition coefficient (Wildman–Crippen LogP) is 3.96. The second-order valence-electron chi connectivity index (χ2n) is 10.2. The molecule has 0 unspecified atom stereocenters. The van der Waals surface area contributed by atoms with E-state index in [4.69, 9.17) is 4.98 Å². The summed E-state index contributed by atoms with van der Waals surface area (Å²) < 4.78 is 4.07. The van der Waals surface area contributed by atoms with Crippen LogP contribution in [-0.4, -0.2) is 58.3 Å². The van der Waals surface area contributed by atoms with Crippen LogP contribution in [0.2, 0.25) is 0 Å². The first-order valence-corrected chi connectivity index (χ1v) is 11.5. The lowest BCUT2D eigenvalue weighted by Crippen LogP contribution is -2.39. The maximum absolute atomic E-state index is 4.98. The number of anilines is 1. The predicted molar refractivity (Wildman–Crippen MR) is 129 cm³/mol. The summed E-state index contributed by atoms with van der Waals surface area (Å²) >= 11 is 1.79. The number of fused-ring (bicyclic) bond motifs is 1. The van der Waals surface area contributed by atoms with Crippen molar-refractivity contribution in [3.63, 3.8) is 0 Å². The van der Waals surface area contributed by atoms with Gasteiger partial charge in [-0.25, -0.2) is 4.57 Å². The van der Waals surface area contributed by atoms with Crippen molar-refractivity contribution in [3.8, 4) is 0 Å². The van der Waals surface area contributed by atoms with Crippen LogP contribution in [0.15, 0.2) is 34.2 Å². The Morgan fingerprint density at radius 2 is 1.80 bits per heavy atom. The van der Waals surface area contributed by atoms with E-state index in [1.165, 1.54) is 41.4 Å². The van der Waals surface area contributed by atoms with Crippen LogP contribution in [0.3, 0.4) is 0 Å². The zero-order valence-corrected chi connectivity index (χ0v) is 20.7. The maximum Gasteiger partial charge on any atom is 0.299 e. The van der Waals surface area contributed by atoms with Crippen LogP contribution >= 0.6 is 11.8 Å². The van der Waals surface area contributed by atoms with Gasteiger partial charge in [0, 0.05) is 29.2 Å². The van der Waals surface area contributed by atoms with Crippen LogP contribution < -0.4 is 14.4 Å². The van der Waals surface area contributed by atoms with E-state index < -0.39 is 0 Å². The SMILES string of the molecule is Cc1cc(/C=C2\Nc3ccc([N+](C)(C)C)cc3S2)nc(CCCC[N+](C)(C)C)[n+]1C. The van der Waals surface area contributed by atoms with E-state index in [1.807, 2.05) is 0 Å². The lowest BCUT2D eigenvalue weighted by molar-refractivity contribution is -0.870. The number of aryl methyl sites for hydroxylation is 2. The van der Waals surface area contributed by atoms with Crippen LogP contribution in [0.1, 0.15) is 30.1 Å². The Bertz CT molecular complexity index is 951. The molecule has 30 heavy (non-hydrogen) atoms. The number of nitrogens with one attached hydrogen (secondary N) is 1. The number of aromatic nitrogens is 2. The van der Waals surface area contributed by atoms with Gasteiger partial charge in [0.1, 0.15) is 11.4 Å². The molecule has 0 spiro atoms. The highest BCUT2D eigenvalue weighted by Gasteiger charge is 2.22. The van der Waals surface area contributed by atoms with Crippen LogP contribution in [0.4, 0.5) is 11.4 Å². The Balaban J connectivity index is 1.74. The topological polar surface area (TPSA) is 28.8 Å². The van der Waals surface area contributed by atoms with Crippen LogP contribution in [0.25, 0.3) is 6.08 Å². The average molecular weight is 429 g/mol. The van der Waals surface area contributed by atoms with Gasteiger partial charge in [0.15, 0.2) is 5.69 Å². The van der Waals surface area contributed by atoms with E-state index in [-0.39, 0.29) is 0 Å². The minimum atomic E-state index is 0.820. The number of rotatable bonds is 7. The van der Waals surface area contributed by atoms with Crippen molar-refractivity contribution < 1.29 is 9.05 Å². The summed E-state index contributed by atoms with van der Waals surface area (Å²) in [5.41, 5.74) is 4.76. The molecule has 0 amide bonds. The number of hydrogen-bond donors (Lipinski definition) is 1. The Hall–Kier alpha value is -1.89. The maximum atomic E-state index is 4.98. The van der Waals surface area contributed by atoms with Crippen molar-refractivity contribution in [1.82, 2.24) is 9.47 Å². The van der Waals surface area contributed by atoms with Gasteiger partial charge in [-0.1, -0.05) is 11.8 Å². The van der Waals surface area contributed by atoms with E-state index in [1.54, 1.807) is 11.8 Å². The molecule has 162 valence electrons. The van der Waals surface area contributed by atoms with Gasteiger partial charge < -0.3 is 9.80 Å². The van der Waals surface area contributed by atoms with E-state index in [0.717, 1.165) is 31.9 Å². The molecular weight excluding hydrogens is 390 g/mol. The molecule has 1 aliphatic rings. The van der Waals surface area contributed by atoms with Gasteiger partial charge in [-0.3, -0.25) is 4.48 Å². The fourth-order valence-electron chi connectivity index (χ4n) is 3.53. The molecule has 0 atom stereocenters. The molecule has 0 fully saturated rings. The molecule has 5 nitrogen and oxygen atoms in total. The summed E-state index contributed by atoms with van der Waals surface area (Å²) in [5, 5.41) is 4.69. The molecule has 1 aromatic carbocycles. The van der Waals surface area contributed by atoms with Gasteiger partial charge in [-0.05, 0) is 30.8 Å². The Labute approximate surface area is 186 Å². The number of hydrogen-bond acceptors (Lipinski definition) is 3. The molecular formula is C24H38N5S+3. The summed E-state index contributed by atoms with van der Waals surface area (Å²) in [6.07, 6.45) is 5.58. The minimum Gasteiger partial charge on any atom is -0.349 e. The van der Waals surface area contributed by atoms with Gasteiger partial charge in [0.2, 0.25) is 0 Å². The second-order valence-corrected chi connectivity index (χ2v) is 11.3. The molecule has 0 aliphatic carbocycles. The van der Waals surface area contributed by atoms with E-state index >= 15 is 0 Å². The van der Waals surface area contributed by atoms with Gasteiger partial charge >= 0.3 is 0 Å². The molecule has 0 bridgehead atoms. The molecule has 0 radical (unpaired) electrons. The molecule has 3 rings (SSSR count). The summed E-state index contributed by atoms with van der Waals surface area (Å²) in [5.74, 6) is 1.16. The molecule has 1 aromatic heterocycles. The first-order chi connectivity index (χ1) is 13.9. The normalized spacial score (nSPS) is 15.4. The molecule has 2 heterocycles. The third-order valence-corrected chi connectivity index (χ3v) is 6.50. The van der Waals surface area contributed by atoms with Crippen molar-refractivity contribution >= 4 is 29.2 Å². The third kappa shape index (κ3) is 5.84. The number of nitrogens with zero attached hydrogens (tertiary/aromatic N) is 4. The lowest BCUT2D eigenvalue weighted by Gasteiger charge is -2.23. The summed E-state index contributed by atoms with van der Waals surface area (Å²) in [7, 11) is 15.5. The standard InChI is InChI=1S/C24H37N5S/c1-18-15-19(25-23(27(18)2)11-9-10-14-28(3,4)5)16-24-26-21-13-12-20(29(6,7)8)17-22(21)30-24/h12-13,15-17H,9-11,14H2,1-8H3/q+2/p+1. The van der Waals surface area contributed by atoms with E-state index in [0.29, 0.717) is 0 Å². The van der Waals surface area contributed by atoms with Crippen LogP contribution in [-0.2, 0) is 13.5 Å².